The Morgan fingerprint density at radius 1 is 1.33 bits per heavy atom. The molecule has 6 nitrogen and oxygen atoms in total. The van der Waals surface area contributed by atoms with Crippen molar-refractivity contribution in [3.05, 3.63) is 35.4 Å². The Bertz CT molecular complexity index is 675. The van der Waals surface area contributed by atoms with E-state index in [1.165, 1.54) is 12.1 Å². The first-order chi connectivity index (χ1) is 12.6. The largest absolute Gasteiger partial charge is 0.480 e. The second-order valence-corrected chi connectivity index (χ2v) is 6.74. The molecule has 0 spiro atoms. The van der Waals surface area contributed by atoms with Gasteiger partial charge < -0.3 is 15.7 Å². The molecule has 0 bridgehead atoms. The van der Waals surface area contributed by atoms with Gasteiger partial charge in [0.25, 0.3) is 0 Å². The van der Waals surface area contributed by atoms with Crippen molar-refractivity contribution in [2.75, 3.05) is 13.1 Å². The van der Waals surface area contributed by atoms with Crippen LogP contribution in [0.2, 0.25) is 0 Å². The molecule has 2 rings (SSSR count). The highest BCUT2D eigenvalue weighted by atomic mass is 19.4. The second-order valence-electron chi connectivity index (χ2n) is 6.74. The van der Waals surface area contributed by atoms with Gasteiger partial charge in [0.05, 0.1) is 18.2 Å². The van der Waals surface area contributed by atoms with Gasteiger partial charge in [-0.05, 0) is 44.0 Å². The number of carbonyl (C=O) groups excluding carboxylic acids is 1. The third-order valence-electron chi connectivity index (χ3n) is 4.77. The summed E-state index contributed by atoms with van der Waals surface area (Å²) < 4.78 is 38.4. The quantitative estimate of drug-likeness (QED) is 0.672. The molecule has 1 atom stereocenters. The van der Waals surface area contributed by atoms with E-state index in [1.807, 2.05) is 11.8 Å². The van der Waals surface area contributed by atoms with E-state index in [9.17, 15) is 22.8 Å². The molecule has 1 aliphatic rings. The Morgan fingerprint density at radius 2 is 2.00 bits per heavy atom. The molecule has 0 radical (unpaired) electrons. The van der Waals surface area contributed by atoms with Crippen LogP contribution in [0.5, 0.6) is 0 Å². The van der Waals surface area contributed by atoms with Crippen molar-refractivity contribution in [1.82, 2.24) is 15.5 Å². The zero-order chi connectivity index (χ0) is 20.2. The monoisotopic (exact) mass is 387 g/mol. The van der Waals surface area contributed by atoms with E-state index < -0.39 is 29.8 Å². The number of nitrogens with one attached hydrogen (secondary N) is 2. The molecule has 27 heavy (non-hydrogen) atoms. The topological polar surface area (TPSA) is 81.7 Å². The normalized spacial score (nSPS) is 20.7. The number of halogens is 3. The van der Waals surface area contributed by atoms with E-state index in [0.717, 1.165) is 12.1 Å². The number of carbonyl (C=O) groups is 2. The van der Waals surface area contributed by atoms with E-state index in [-0.39, 0.29) is 18.6 Å². The molecule has 150 valence electrons. The number of aliphatic carboxylic acids is 1. The fourth-order valence-electron chi connectivity index (χ4n) is 3.17. The lowest BCUT2D eigenvalue weighted by atomic mass is 9.85. The number of carboxylic acids is 1. The molecule has 2 amide bonds. The number of rotatable bonds is 7. The number of hydrogen-bond acceptors (Lipinski definition) is 3. The summed E-state index contributed by atoms with van der Waals surface area (Å²) in [7, 11) is 0. The van der Waals surface area contributed by atoms with E-state index in [0.29, 0.717) is 24.9 Å². The molecule has 1 unspecified atom stereocenters. The summed E-state index contributed by atoms with van der Waals surface area (Å²) in [5.74, 6) is -0.888. The lowest BCUT2D eigenvalue weighted by Gasteiger charge is -2.42. The Hall–Kier alpha value is -2.29. The summed E-state index contributed by atoms with van der Waals surface area (Å²) in [4.78, 5) is 24.7. The first-order valence-corrected chi connectivity index (χ1v) is 8.80. The second kappa shape index (κ2) is 8.60. The minimum atomic E-state index is -4.43. The molecule has 1 fully saturated rings. The molecular formula is C18H24F3N3O3. The molecule has 0 aromatic heterocycles. The van der Waals surface area contributed by atoms with Crippen molar-refractivity contribution in [2.45, 2.75) is 51.0 Å². The summed E-state index contributed by atoms with van der Waals surface area (Å²) in [5.41, 5.74) is -0.390. The average molecular weight is 387 g/mol. The van der Waals surface area contributed by atoms with Gasteiger partial charge in [0, 0.05) is 12.1 Å². The molecular weight excluding hydrogens is 363 g/mol. The van der Waals surface area contributed by atoms with Crippen LogP contribution in [0.25, 0.3) is 0 Å². The van der Waals surface area contributed by atoms with E-state index in [2.05, 4.69) is 10.6 Å². The lowest BCUT2D eigenvalue weighted by Crippen LogP contribution is -2.56. The standard InChI is InChI=1S/C18H24F3N3O3/c1-3-24(10-16(25)26)15-8-14(9-15)23-17(27)22-11(2)12-5-4-6-13(7-12)18(19,20)21/h4-7,11,14-15H,3,8-10H2,1-2H3,(H,25,26)(H2,22,23,27). The van der Waals surface area contributed by atoms with E-state index in [4.69, 9.17) is 5.11 Å². The number of carboxylic acid groups (broad SMARTS) is 1. The van der Waals surface area contributed by atoms with Crippen molar-refractivity contribution in [2.24, 2.45) is 0 Å². The van der Waals surface area contributed by atoms with Gasteiger partial charge in [-0.1, -0.05) is 19.1 Å². The maximum absolute atomic E-state index is 12.8. The van der Waals surface area contributed by atoms with Gasteiger partial charge in [-0.2, -0.15) is 13.2 Å². The van der Waals surface area contributed by atoms with E-state index >= 15 is 0 Å². The Balaban J connectivity index is 1.82. The zero-order valence-electron chi connectivity index (χ0n) is 15.2. The van der Waals surface area contributed by atoms with Gasteiger partial charge >= 0.3 is 18.2 Å². The number of nitrogens with zero attached hydrogens (tertiary/aromatic N) is 1. The third-order valence-corrected chi connectivity index (χ3v) is 4.77. The highest BCUT2D eigenvalue weighted by Crippen LogP contribution is 2.31. The molecule has 9 heteroatoms. The van der Waals surface area contributed by atoms with Crippen molar-refractivity contribution in [3.8, 4) is 0 Å². The first kappa shape index (κ1) is 21.0. The Morgan fingerprint density at radius 3 is 2.56 bits per heavy atom. The highest BCUT2D eigenvalue weighted by Gasteiger charge is 2.35. The molecule has 3 N–H and O–H groups in total. The maximum atomic E-state index is 12.8. The van der Waals surface area contributed by atoms with Crippen LogP contribution in [0.3, 0.4) is 0 Å². The van der Waals surface area contributed by atoms with Gasteiger partial charge in [0.1, 0.15) is 0 Å². The van der Waals surface area contributed by atoms with Crippen molar-refractivity contribution >= 4 is 12.0 Å². The molecule has 1 saturated carbocycles. The Kier molecular flexibility index (Phi) is 6.69. The number of hydrogen-bond donors (Lipinski definition) is 3. The fraction of sp³-hybridized carbons (Fsp3) is 0.556. The first-order valence-electron chi connectivity index (χ1n) is 8.80. The number of likely N-dealkylation sites (N-methyl/N-ethyl adjacent to an activating group) is 1. The minimum absolute atomic E-state index is 0.0351. The summed E-state index contributed by atoms with van der Waals surface area (Å²) >= 11 is 0. The Labute approximate surface area is 155 Å². The zero-order valence-corrected chi connectivity index (χ0v) is 15.2. The molecule has 0 heterocycles. The van der Waals surface area contributed by atoms with Gasteiger partial charge in [-0.15, -0.1) is 0 Å². The van der Waals surface area contributed by atoms with E-state index in [1.54, 1.807) is 6.92 Å². The number of amides is 2. The average Bonchev–Trinajstić information content (AvgIpc) is 2.55. The summed E-state index contributed by atoms with van der Waals surface area (Å²) in [6.07, 6.45) is -3.14. The van der Waals surface area contributed by atoms with Gasteiger partial charge in [-0.25, -0.2) is 4.79 Å². The summed E-state index contributed by atoms with van der Waals surface area (Å²) in [6.45, 7) is 4.08. The molecule has 1 aromatic rings. The highest BCUT2D eigenvalue weighted by molar-refractivity contribution is 5.75. The number of benzene rings is 1. The van der Waals surface area contributed by atoms with Crippen LogP contribution in [0.1, 0.15) is 43.9 Å². The predicted octanol–water partition coefficient (Wildman–Crippen LogP) is 3.00. The molecule has 0 saturated heterocycles. The molecule has 1 aromatic carbocycles. The molecule has 0 aliphatic heterocycles. The predicted molar refractivity (Wildman–Crippen MR) is 93.2 cm³/mol. The smallest absolute Gasteiger partial charge is 0.416 e. The van der Waals surface area contributed by atoms with Crippen LogP contribution in [0.4, 0.5) is 18.0 Å². The van der Waals surface area contributed by atoms with Gasteiger partial charge in [-0.3, -0.25) is 9.69 Å². The third kappa shape index (κ3) is 5.85. The lowest BCUT2D eigenvalue weighted by molar-refractivity contribution is -0.139. The van der Waals surface area contributed by atoms with Crippen LogP contribution in [-0.4, -0.2) is 47.2 Å². The summed E-state index contributed by atoms with van der Waals surface area (Å²) in [6, 6.07) is 3.85. The van der Waals surface area contributed by atoms with Crippen LogP contribution in [0, 0.1) is 0 Å². The van der Waals surface area contributed by atoms with Crippen molar-refractivity contribution in [3.63, 3.8) is 0 Å². The van der Waals surface area contributed by atoms with Crippen LogP contribution >= 0.6 is 0 Å². The molecule has 1 aliphatic carbocycles. The minimum Gasteiger partial charge on any atom is -0.480 e. The van der Waals surface area contributed by atoms with Gasteiger partial charge in [0.2, 0.25) is 0 Å². The fourth-order valence-corrected chi connectivity index (χ4v) is 3.17. The van der Waals surface area contributed by atoms with Crippen LogP contribution in [0.15, 0.2) is 24.3 Å². The van der Waals surface area contributed by atoms with Crippen LogP contribution < -0.4 is 10.6 Å². The SMILES string of the molecule is CCN(CC(=O)O)C1CC(NC(=O)NC(C)c2cccc(C(F)(F)F)c2)C1. The summed E-state index contributed by atoms with van der Waals surface area (Å²) in [5, 5.41) is 14.3. The van der Waals surface area contributed by atoms with Gasteiger partial charge in [0.15, 0.2) is 0 Å². The maximum Gasteiger partial charge on any atom is 0.416 e. The number of urea groups is 1. The van der Waals surface area contributed by atoms with Crippen LogP contribution in [-0.2, 0) is 11.0 Å². The van der Waals surface area contributed by atoms with Crippen molar-refractivity contribution < 1.29 is 27.9 Å². The van der Waals surface area contributed by atoms with Crippen molar-refractivity contribution in [1.29, 1.82) is 0 Å². The number of alkyl halides is 3.